The molecule has 1 fully saturated rings. The fourth-order valence-electron chi connectivity index (χ4n) is 2.40. The van der Waals surface area contributed by atoms with Gasteiger partial charge in [0.2, 0.25) is 5.91 Å². The smallest absolute Gasteiger partial charge is 0.225 e. The molecule has 0 spiro atoms. The van der Waals surface area contributed by atoms with Gasteiger partial charge < -0.3 is 10.6 Å². The Balaban J connectivity index is 2.11. The van der Waals surface area contributed by atoms with Crippen LogP contribution in [0.2, 0.25) is 0 Å². The monoisotopic (exact) mass is 274 g/mol. The first-order valence-electron chi connectivity index (χ1n) is 6.88. The number of piperidine rings is 1. The second-order valence-corrected chi connectivity index (χ2v) is 5.12. The topological polar surface area (TPSA) is 46.3 Å². The van der Waals surface area contributed by atoms with E-state index in [-0.39, 0.29) is 24.2 Å². The molecule has 0 radical (unpaired) electrons. The van der Waals surface area contributed by atoms with Crippen LogP contribution in [0.25, 0.3) is 0 Å². The number of hydrogen-bond donors (Lipinski definition) is 1. The Morgan fingerprint density at radius 2 is 2.30 bits per heavy atom. The van der Waals surface area contributed by atoms with E-state index >= 15 is 0 Å². The molecule has 20 heavy (non-hydrogen) atoms. The number of hydrogen-bond acceptors (Lipinski definition) is 2. The molecular formula is C16H19FN2O. The molecule has 1 aliphatic heterocycles. The van der Waals surface area contributed by atoms with E-state index in [4.69, 9.17) is 5.73 Å². The highest BCUT2D eigenvalue weighted by Gasteiger charge is 2.25. The van der Waals surface area contributed by atoms with Crippen molar-refractivity contribution in [1.82, 2.24) is 4.90 Å². The van der Waals surface area contributed by atoms with Crippen LogP contribution in [0.15, 0.2) is 18.2 Å². The van der Waals surface area contributed by atoms with E-state index in [9.17, 15) is 9.18 Å². The van der Waals surface area contributed by atoms with E-state index in [0.717, 1.165) is 12.8 Å². The van der Waals surface area contributed by atoms with Crippen LogP contribution in [0.4, 0.5) is 4.39 Å². The van der Waals surface area contributed by atoms with Crippen LogP contribution < -0.4 is 5.73 Å². The summed E-state index contributed by atoms with van der Waals surface area (Å²) in [4.78, 5) is 13.8. The van der Waals surface area contributed by atoms with Gasteiger partial charge in [-0.25, -0.2) is 4.39 Å². The van der Waals surface area contributed by atoms with Gasteiger partial charge in [-0.3, -0.25) is 4.79 Å². The predicted octanol–water partition coefficient (Wildman–Crippen LogP) is 1.89. The summed E-state index contributed by atoms with van der Waals surface area (Å²) >= 11 is 0. The van der Waals surface area contributed by atoms with E-state index in [1.807, 2.05) is 6.92 Å². The third-order valence-electron chi connectivity index (χ3n) is 3.55. The van der Waals surface area contributed by atoms with Crippen molar-refractivity contribution in [1.29, 1.82) is 0 Å². The summed E-state index contributed by atoms with van der Waals surface area (Å²) in [6.45, 7) is 3.22. The number of amides is 1. The maximum Gasteiger partial charge on any atom is 0.225 e. The zero-order chi connectivity index (χ0) is 14.5. The van der Waals surface area contributed by atoms with Gasteiger partial charge in [-0.05, 0) is 25.0 Å². The molecule has 1 aromatic rings. The Morgan fingerprint density at radius 1 is 1.50 bits per heavy atom. The zero-order valence-electron chi connectivity index (χ0n) is 11.7. The fourth-order valence-corrected chi connectivity index (χ4v) is 2.40. The highest BCUT2D eigenvalue weighted by atomic mass is 19.1. The van der Waals surface area contributed by atoms with Crippen LogP contribution >= 0.6 is 0 Å². The second kappa shape index (κ2) is 6.53. The van der Waals surface area contributed by atoms with Gasteiger partial charge in [0.05, 0.1) is 6.54 Å². The molecule has 1 atom stereocenters. The minimum atomic E-state index is -0.320. The Morgan fingerprint density at radius 3 is 3.00 bits per heavy atom. The third kappa shape index (κ3) is 3.37. The predicted molar refractivity (Wildman–Crippen MR) is 76.1 cm³/mol. The number of rotatable bonds is 2. The number of benzene rings is 1. The molecule has 0 aliphatic carbocycles. The van der Waals surface area contributed by atoms with Crippen LogP contribution in [0.1, 0.15) is 30.9 Å². The molecule has 4 heteroatoms. The molecule has 0 bridgehead atoms. The minimum absolute atomic E-state index is 0.0431. The highest BCUT2D eigenvalue weighted by Crippen LogP contribution is 2.20. The average molecular weight is 274 g/mol. The summed E-state index contributed by atoms with van der Waals surface area (Å²) in [7, 11) is 0. The molecule has 1 unspecified atom stereocenters. The Bertz CT molecular complexity index is 559. The van der Waals surface area contributed by atoms with Crippen LogP contribution in [0.5, 0.6) is 0 Å². The number of halogens is 1. The Kier molecular flexibility index (Phi) is 4.75. The van der Waals surface area contributed by atoms with E-state index in [2.05, 4.69) is 11.8 Å². The van der Waals surface area contributed by atoms with Crippen LogP contribution in [-0.4, -0.2) is 23.9 Å². The lowest BCUT2D eigenvalue weighted by Gasteiger charge is -2.30. The SMILES string of the molecule is CC1CCCN(Cc2ccc(C#CCN)cc2F)C1=O. The van der Waals surface area contributed by atoms with Crippen molar-refractivity contribution in [3.05, 3.63) is 35.1 Å². The van der Waals surface area contributed by atoms with Crippen LogP contribution in [0.3, 0.4) is 0 Å². The molecule has 1 saturated heterocycles. The summed E-state index contributed by atoms with van der Waals surface area (Å²) in [5, 5.41) is 0. The maximum absolute atomic E-state index is 14.0. The van der Waals surface area contributed by atoms with Gasteiger partial charge in [0.1, 0.15) is 5.82 Å². The number of nitrogens with two attached hydrogens (primary N) is 1. The lowest BCUT2D eigenvalue weighted by Crippen LogP contribution is -2.39. The molecule has 3 nitrogen and oxygen atoms in total. The number of carbonyl (C=O) groups excluding carboxylic acids is 1. The molecule has 2 N–H and O–H groups in total. The van der Waals surface area contributed by atoms with Gasteiger partial charge in [0, 0.05) is 30.1 Å². The van der Waals surface area contributed by atoms with Gasteiger partial charge in [-0.2, -0.15) is 0 Å². The van der Waals surface area contributed by atoms with Gasteiger partial charge in [-0.15, -0.1) is 0 Å². The molecule has 0 saturated carbocycles. The molecule has 1 aromatic carbocycles. The van der Waals surface area contributed by atoms with Crippen molar-refractivity contribution in [3.63, 3.8) is 0 Å². The van der Waals surface area contributed by atoms with E-state index < -0.39 is 0 Å². The fraction of sp³-hybridized carbons (Fsp3) is 0.438. The average Bonchev–Trinajstić information content (AvgIpc) is 2.44. The van der Waals surface area contributed by atoms with Crippen molar-refractivity contribution in [2.45, 2.75) is 26.3 Å². The molecule has 2 rings (SSSR count). The number of carbonyl (C=O) groups is 1. The van der Waals surface area contributed by atoms with Crippen molar-refractivity contribution < 1.29 is 9.18 Å². The van der Waals surface area contributed by atoms with Gasteiger partial charge in [0.25, 0.3) is 0 Å². The van der Waals surface area contributed by atoms with E-state index in [1.54, 1.807) is 17.0 Å². The van der Waals surface area contributed by atoms with Crippen molar-refractivity contribution in [2.24, 2.45) is 11.7 Å². The first-order chi connectivity index (χ1) is 9.61. The van der Waals surface area contributed by atoms with Crippen LogP contribution in [-0.2, 0) is 11.3 Å². The summed E-state index contributed by atoms with van der Waals surface area (Å²) in [6, 6.07) is 4.86. The quantitative estimate of drug-likeness (QED) is 0.837. The summed E-state index contributed by atoms with van der Waals surface area (Å²) in [6.07, 6.45) is 1.90. The molecule has 106 valence electrons. The first-order valence-corrected chi connectivity index (χ1v) is 6.88. The van der Waals surface area contributed by atoms with Crippen molar-refractivity contribution >= 4 is 5.91 Å². The third-order valence-corrected chi connectivity index (χ3v) is 3.55. The Labute approximate surface area is 119 Å². The largest absolute Gasteiger partial charge is 0.338 e. The standard InChI is InChI=1S/C16H19FN2O/c1-12-4-3-9-19(16(12)20)11-14-7-6-13(5-2-8-18)10-15(14)17/h6-7,10,12H,3-4,8-9,11,18H2,1H3. The maximum atomic E-state index is 14.0. The zero-order valence-corrected chi connectivity index (χ0v) is 11.7. The molecular weight excluding hydrogens is 255 g/mol. The second-order valence-electron chi connectivity index (χ2n) is 5.12. The number of nitrogens with zero attached hydrogens (tertiary/aromatic N) is 1. The van der Waals surface area contributed by atoms with Gasteiger partial charge in [0.15, 0.2) is 0 Å². The summed E-state index contributed by atoms with van der Waals surface area (Å²) in [5.41, 5.74) is 6.42. The normalized spacial score (nSPS) is 18.6. The van der Waals surface area contributed by atoms with E-state index in [1.165, 1.54) is 6.07 Å². The Hall–Kier alpha value is -1.86. The first kappa shape index (κ1) is 14.5. The molecule has 1 aliphatic rings. The molecule has 1 heterocycles. The number of likely N-dealkylation sites (tertiary alicyclic amines) is 1. The van der Waals surface area contributed by atoms with Crippen molar-refractivity contribution in [3.8, 4) is 11.8 Å². The molecule has 1 amide bonds. The lowest BCUT2D eigenvalue weighted by molar-refractivity contribution is -0.138. The summed E-state index contributed by atoms with van der Waals surface area (Å²) in [5.74, 6) is 5.33. The van der Waals surface area contributed by atoms with Crippen LogP contribution in [0, 0.1) is 23.6 Å². The summed E-state index contributed by atoms with van der Waals surface area (Å²) < 4.78 is 14.0. The highest BCUT2D eigenvalue weighted by molar-refractivity contribution is 5.79. The van der Waals surface area contributed by atoms with Gasteiger partial charge in [-0.1, -0.05) is 24.8 Å². The molecule has 0 aromatic heterocycles. The minimum Gasteiger partial charge on any atom is -0.338 e. The van der Waals surface area contributed by atoms with Crippen molar-refractivity contribution in [2.75, 3.05) is 13.1 Å². The lowest BCUT2D eigenvalue weighted by atomic mass is 9.98. The van der Waals surface area contributed by atoms with Gasteiger partial charge >= 0.3 is 0 Å². The van der Waals surface area contributed by atoms with E-state index in [0.29, 0.717) is 24.2 Å².